The van der Waals surface area contributed by atoms with Gasteiger partial charge in [0.25, 0.3) is 9.03 Å². The molecule has 0 aliphatic heterocycles. The summed E-state index contributed by atoms with van der Waals surface area (Å²) < 4.78 is 10.8. The predicted octanol–water partition coefficient (Wildman–Crippen LogP) is 5.81. The quantitative estimate of drug-likeness (QED) is 0.358. The number of carboxylic acids is 1. The van der Waals surface area contributed by atoms with Gasteiger partial charge in [0.2, 0.25) is 0 Å². The van der Waals surface area contributed by atoms with Crippen LogP contribution in [0.15, 0.2) is 91.0 Å². The van der Waals surface area contributed by atoms with Crippen LogP contribution < -0.4 is 9.05 Å². The molecule has 0 aliphatic rings. The van der Waals surface area contributed by atoms with E-state index in [-0.39, 0.29) is 15.0 Å². The molecule has 0 bridgehead atoms. The van der Waals surface area contributed by atoms with Crippen LogP contribution in [0.3, 0.4) is 0 Å². The van der Waals surface area contributed by atoms with Crippen LogP contribution in [-0.2, 0) is 0 Å². The van der Waals surface area contributed by atoms with Gasteiger partial charge < -0.3 is 24.4 Å². The number of aromatic carboxylic acids is 1. The predicted molar refractivity (Wildman–Crippen MR) is 133 cm³/mol. The normalized spacial score (nSPS) is 12.5. The first kappa shape index (κ1) is 28.1. The van der Waals surface area contributed by atoms with E-state index in [1.54, 1.807) is 44.2 Å². The lowest BCUT2D eigenvalue weighted by Crippen LogP contribution is -2.26. The fourth-order valence-corrected chi connectivity index (χ4v) is 3.27. The monoisotopic (exact) mass is 472 g/mol. The van der Waals surface area contributed by atoms with Crippen LogP contribution in [0.5, 0.6) is 11.5 Å². The molecule has 3 N–H and O–H groups in total. The van der Waals surface area contributed by atoms with Crippen LogP contribution in [0, 0.1) is 5.92 Å². The molecule has 0 heterocycles. The minimum Gasteiger partial charge on any atom is -0.478 e. The van der Waals surface area contributed by atoms with Gasteiger partial charge in [-0.2, -0.15) is 0 Å². The van der Waals surface area contributed by atoms with Gasteiger partial charge in [-0.3, -0.25) is 0 Å². The Morgan fingerprint density at radius 3 is 1.36 bits per heavy atom. The summed E-state index contributed by atoms with van der Waals surface area (Å²) in [6.07, 6.45) is 0.0417. The Bertz CT molecular complexity index is 826. The first-order chi connectivity index (χ1) is 15.8. The highest BCUT2D eigenvalue weighted by molar-refractivity contribution is 7.27. The summed E-state index contributed by atoms with van der Waals surface area (Å²) in [6, 6.07) is 27.5. The Labute approximate surface area is 197 Å². The zero-order valence-electron chi connectivity index (χ0n) is 19.2. The number of carbonyl (C=O) groups is 1. The van der Waals surface area contributed by atoms with Crippen molar-refractivity contribution in [3.8, 4) is 11.5 Å². The molecule has 2 atom stereocenters. The van der Waals surface area contributed by atoms with Gasteiger partial charge in [0.05, 0.1) is 17.8 Å². The number of rotatable bonds is 8. The van der Waals surface area contributed by atoms with E-state index < -0.39 is 18.2 Å². The second-order valence-corrected chi connectivity index (χ2v) is 7.71. The Morgan fingerprint density at radius 2 is 1.12 bits per heavy atom. The van der Waals surface area contributed by atoms with E-state index in [0.717, 1.165) is 17.9 Å². The fraction of sp³-hybridized carbons (Fsp3) is 0.269. The summed E-state index contributed by atoms with van der Waals surface area (Å²) in [7, 11) is -0.0129. The van der Waals surface area contributed by atoms with Gasteiger partial charge in [0, 0.05) is 5.92 Å². The van der Waals surface area contributed by atoms with Gasteiger partial charge in [-0.05, 0) is 56.7 Å². The maximum atomic E-state index is 10.2. The van der Waals surface area contributed by atoms with Crippen molar-refractivity contribution in [1.29, 1.82) is 0 Å². The number of para-hydroxylation sites is 2. The molecule has 0 fully saturated rings. The maximum absolute atomic E-state index is 10.2. The van der Waals surface area contributed by atoms with E-state index >= 15 is 0 Å². The van der Waals surface area contributed by atoms with Crippen molar-refractivity contribution in [2.45, 2.75) is 39.4 Å². The number of aliphatic hydroxyl groups excluding tert-OH is 2. The van der Waals surface area contributed by atoms with Gasteiger partial charge in [-0.1, -0.05) is 61.5 Å². The average molecular weight is 473 g/mol. The zero-order valence-corrected chi connectivity index (χ0v) is 20.2. The second-order valence-electron chi connectivity index (χ2n) is 7.14. The standard InChI is InChI=1S/C12H11O2P.C7H6O2.C7H16O2/c1-3-7-11(8-4-1)13-15-14-12-9-5-2-6-10-12;8-7(9)6-4-2-1-3-5-6;1-4-7(5(2)8)6(3)9/h1-10,15H;1-5H,(H,8,9);5-9H,4H2,1-3H3. The number of hydrogen-bond acceptors (Lipinski definition) is 5. The van der Waals surface area contributed by atoms with E-state index in [2.05, 4.69) is 0 Å². The third kappa shape index (κ3) is 12.6. The van der Waals surface area contributed by atoms with Crippen LogP contribution in [0.4, 0.5) is 0 Å². The van der Waals surface area contributed by atoms with Crippen LogP contribution in [0.25, 0.3) is 0 Å². The van der Waals surface area contributed by atoms with Crippen LogP contribution in [0.1, 0.15) is 37.6 Å². The van der Waals surface area contributed by atoms with Crippen molar-refractivity contribution in [2.75, 3.05) is 0 Å². The molecule has 0 amide bonds. The molecule has 3 aromatic rings. The summed E-state index contributed by atoms with van der Waals surface area (Å²) in [6.45, 7) is 5.38. The molecule has 2 unspecified atom stereocenters. The lowest BCUT2D eigenvalue weighted by atomic mass is 9.95. The van der Waals surface area contributed by atoms with Crippen molar-refractivity contribution in [2.24, 2.45) is 5.92 Å². The molecule has 3 rings (SSSR count). The topological polar surface area (TPSA) is 96.2 Å². The molecule has 7 heteroatoms. The summed E-state index contributed by atoms with van der Waals surface area (Å²) in [5.41, 5.74) is 0.331. The molecule has 33 heavy (non-hydrogen) atoms. The Balaban J connectivity index is 0.000000264. The van der Waals surface area contributed by atoms with E-state index in [9.17, 15) is 4.79 Å². The zero-order chi connectivity index (χ0) is 24.5. The van der Waals surface area contributed by atoms with Gasteiger partial charge in [0.1, 0.15) is 11.5 Å². The highest BCUT2D eigenvalue weighted by Gasteiger charge is 2.17. The lowest BCUT2D eigenvalue weighted by molar-refractivity contribution is 0.0299. The average Bonchev–Trinajstić information content (AvgIpc) is 2.82. The van der Waals surface area contributed by atoms with Gasteiger partial charge in [0.15, 0.2) is 0 Å². The molecular weight excluding hydrogens is 439 g/mol. The number of carboxylic acid groups (broad SMARTS) is 1. The highest BCUT2D eigenvalue weighted by Crippen LogP contribution is 2.24. The van der Waals surface area contributed by atoms with Gasteiger partial charge >= 0.3 is 5.97 Å². The van der Waals surface area contributed by atoms with Crippen molar-refractivity contribution in [3.63, 3.8) is 0 Å². The lowest BCUT2D eigenvalue weighted by Gasteiger charge is -2.20. The van der Waals surface area contributed by atoms with Crippen LogP contribution >= 0.6 is 9.03 Å². The van der Waals surface area contributed by atoms with E-state index in [0.29, 0.717) is 5.56 Å². The molecule has 0 saturated heterocycles. The van der Waals surface area contributed by atoms with Gasteiger partial charge in [-0.25, -0.2) is 4.79 Å². The van der Waals surface area contributed by atoms with Crippen LogP contribution in [-0.4, -0.2) is 33.5 Å². The molecule has 0 spiro atoms. The van der Waals surface area contributed by atoms with E-state index in [4.69, 9.17) is 24.4 Å². The Kier molecular flexibility index (Phi) is 14.2. The van der Waals surface area contributed by atoms with Crippen molar-refractivity contribution >= 4 is 15.0 Å². The molecule has 0 radical (unpaired) electrons. The molecule has 178 valence electrons. The Hall–Kier alpha value is -2.92. The third-order valence-corrected chi connectivity index (χ3v) is 5.17. The number of hydrogen-bond donors (Lipinski definition) is 3. The minimum absolute atomic E-state index is 0.0129. The smallest absolute Gasteiger partial charge is 0.335 e. The first-order valence-corrected chi connectivity index (χ1v) is 11.5. The fourth-order valence-electron chi connectivity index (χ4n) is 2.76. The highest BCUT2D eigenvalue weighted by atomic mass is 31.1. The summed E-state index contributed by atoms with van der Waals surface area (Å²) in [4.78, 5) is 10.2. The van der Waals surface area contributed by atoms with Crippen molar-refractivity contribution < 1.29 is 29.2 Å². The number of aliphatic hydroxyl groups is 2. The van der Waals surface area contributed by atoms with Crippen molar-refractivity contribution in [3.05, 3.63) is 96.6 Å². The molecule has 3 aromatic carbocycles. The van der Waals surface area contributed by atoms with E-state index in [1.807, 2.05) is 67.6 Å². The molecule has 0 saturated carbocycles. The Morgan fingerprint density at radius 1 is 0.758 bits per heavy atom. The van der Waals surface area contributed by atoms with Gasteiger partial charge in [-0.15, -0.1) is 0 Å². The summed E-state index contributed by atoms with van der Waals surface area (Å²) in [5, 5.41) is 26.4. The summed E-state index contributed by atoms with van der Waals surface area (Å²) in [5.74, 6) is 0.805. The van der Waals surface area contributed by atoms with E-state index in [1.165, 1.54) is 0 Å². The molecule has 6 nitrogen and oxygen atoms in total. The number of benzene rings is 3. The van der Waals surface area contributed by atoms with Crippen molar-refractivity contribution in [1.82, 2.24) is 0 Å². The minimum atomic E-state index is -0.879. The third-order valence-electron chi connectivity index (χ3n) is 4.54. The largest absolute Gasteiger partial charge is 0.478 e. The maximum Gasteiger partial charge on any atom is 0.335 e. The second kappa shape index (κ2) is 16.7. The SMILES string of the molecule is CCC(C(C)O)C(C)O.O=C(O)c1ccccc1.c1ccc(OPOc2ccccc2)cc1. The molecule has 0 aliphatic carbocycles. The van der Waals surface area contributed by atoms with Crippen LogP contribution in [0.2, 0.25) is 0 Å². The summed E-state index contributed by atoms with van der Waals surface area (Å²) >= 11 is 0. The molecular formula is C26H33O6P. The molecule has 0 aromatic heterocycles. The first-order valence-electron chi connectivity index (χ1n) is 10.7.